The summed E-state index contributed by atoms with van der Waals surface area (Å²) in [6, 6.07) is 0. The predicted molar refractivity (Wildman–Crippen MR) is 69.3 cm³/mol. The van der Waals surface area contributed by atoms with Crippen LogP contribution in [0.4, 0.5) is 0 Å². The van der Waals surface area contributed by atoms with Gasteiger partial charge in [-0.05, 0) is 0 Å². The van der Waals surface area contributed by atoms with E-state index in [0.29, 0.717) is 26.2 Å². The molecule has 0 aliphatic rings. The average molecular weight is 268 g/mol. The third kappa shape index (κ3) is 5.04. The second kappa shape index (κ2) is 7.47. The van der Waals surface area contributed by atoms with Crippen molar-refractivity contribution < 1.29 is 9.59 Å². The third-order valence-electron chi connectivity index (χ3n) is 2.36. The third-order valence-corrected chi connectivity index (χ3v) is 2.36. The highest BCUT2D eigenvalue weighted by atomic mass is 16.2. The summed E-state index contributed by atoms with van der Waals surface area (Å²) in [5.41, 5.74) is 5.61. The van der Waals surface area contributed by atoms with Crippen molar-refractivity contribution in [2.75, 3.05) is 19.6 Å². The molecule has 0 aliphatic carbocycles. The van der Waals surface area contributed by atoms with Gasteiger partial charge in [0.15, 0.2) is 5.69 Å². The molecule has 8 heteroatoms. The van der Waals surface area contributed by atoms with E-state index in [0.717, 1.165) is 0 Å². The Balaban J connectivity index is 2.29. The summed E-state index contributed by atoms with van der Waals surface area (Å²) in [5.74, 6) is -0.419. The number of hydrogen-bond donors (Lipinski definition) is 3. The number of nitrogens with one attached hydrogen (secondary N) is 2. The highest BCUT2D eigenvalue weighted by Crippen LogP contribution is 1.92. The molecule has 106 valence electrons. The van der Waals surface area contributed by atoms with Crippen LogP contribution in [-0.2, 0) is 11.3 Å². The van der Waals surface area contributed by atoms with Gasteiger partial charge in [-0.3, -0.25) is 14.3 Å². The molecule has 0 aliphatic heterocycles. The van der Waals surface area contributed by atoms with Gasteiger partial charge in [-0.1, -0.05) is 19.1 Å². The molecule has 0 saturated carbocycles. The Hall–Kier alpha value is -1.96. The zero-order valence-corrected chi connectivity index (χ0v) is 11.2. The summed E-state index contributed by atoms with van der Waals surface area (Å²) in [7, 11) is 0. The molecular formula is C11H20N6O2. The van der Waals surface area contributed by atoms with Gasteiger partial charge in [0, 0.05) is 25.6 Å². The molecule has 1 heterocycles. The molecule has 0 saturated heterocycles. The van der Waals surface area contributed by atoms with Gasteiger partial charge in [-0.15, -0.1) is 5.10 Å². The molecule has 0 radical (unpaired) electrons. The Morgan fingerprint density at radius 1 is 1.37 bits per heavy atom. The smallest absolute Gasteiger partial charge is 0.273 e. The maximum Gasteiger partial charge on any atom is 0.273 e. The lowest BCUT2D eigenvalue weighted by atomic mass is 10.2. The fourth-order valence-corrected chi connectivity index (χ4v) is 1.30. The van der Waals surface area contributed by atoms with Crippen molar-refractivity contribution in [2.24, 2.45) is 11.7 Å². The second-order valence-corrected chi connectivity index (χ2v) is 4.36. The van der Waals surface area contributed by atoms with Gasteiger partial charge in [-0.25, -0.2) is 0 Å². The van der Waals surface area contributed by atoms with Crippen LogP contribution in [0.5, 0.6) is 0 Å². The van der Waals surface area contributed by atoms with Gasteiger partial charge in [0.05, 0.1) is 12.7 Å². The largest absolute Gasteiger partial charge is 0.354 e. The van der Waals surface area contributed by atoms with Crippen molar-refractivity contribution in [1.29, 1.82) is 0 Å². The average Bonchev–Trinajstić information content (AvgIpc) is 2.83. The maximum atomic E-state index is 11.7. The van der Waals surface area contributed by atoms with E-state index in [2.05, 4.69) is 20.9 Å². The van der Waals surface area contributed by atoms with E-state index in [4.69, 9.17) is 5.73 Å². The van der Waals surface area contributed by atoms with E-state index < -0.39 is 0 Å². The standard InChI is InChI=1S/C11H20N6O2/c1-8(2)10(18)13-4-5-14-11(19)9-7-17(6-3-12)16-15-9/h7-8H,3-6,12H2,1-2H3,(H,13,18)(H,14,19). The fraction of sp³-hybridized carbons (Fsp3) is 0.636. The van der Waals surface area contributed by atoms with Crippen molar-refractivity contribution in [1.82, 2.24) is 25.6 Å². The molecule has 0 fully saturated rings. The normalized spacial score (nSPS) is 10.5. The highest BCUT2D eigenvalue weighted by molar-refractivity contribution is 5.91. The molecule has 0 atom stereocenters. The lowest BCUT2D eigenvalue weighted by Crippen LogP contribution is -2.36. The molecule has 8 nitrogen and oxygen atoms in total. The van der Waals surface area contributed by atoms with Crippen LogP contribution in [0.15, 0.2) is 6.20 Å². The molecular weight excluding hydrogens is 248 g/mol. The van der Waals surface area contributed by atoms with Crippen LogP contribution in [0.3, 0.4) is 0 Å². The van der Waals surface area contributed by atoms with Crippen LogP contribution in [0.2, 0.25) is 0 Å². The number of rotatable bonds is 7. The van der Waals surface area contributed by atoms with Gasteiger partial charge in [0.1, 0.15) is 0 Å². The topological polar surface area (TPSA) is 115 Å². The summed E-state index contributed by atoms with van der Waals surface area (Å²) >= 11 is 0. The minimum absolute atomic E-state index is 0.0388. The monoisotopic (exact) mass is 268 g/mol. The van der Waals surface area contributed by atoms with Crippen LogP contribution in [0.25, 0.3) is 0 Å². The minimum Gasteiger partial charge on any atom is -0.354 e. The van der Waals surface area contributed by atoms with Crippen molar-refractivity contribution >= 4 is 11.8 Å². The summed E-state index contributed by atoms with van der Waals surface area (Å²) in [4.78, 5) is 22.9. The molecule has 0 unspecified atom stereocenters. The zero-order chi connectivity index (χ0) is 14.3. The molecule has 0 aromatic carbocycles. The predicted octanol–water partition coefficient (Wildman–Crippen LogP) is -1.26. The summed E-state index contributed by atoms with van der Waals surface area (Å²) < 4.78 is 1.51. The first kappa shape index (κ1) is 15.1. The zero-order valence-electron chi connectivity index (χ0n) is 11.2. The van der Waals surface area contributed by atoms with Crippen LogP contribution < -0.4 is 16.4 Å². The van der Waals surface area contributed by atoms with E-state index in [1.807, 2.05) is 13.8 Å². The van der Waals surface area contributed by atoms with E-state index >= 15 is 0 Å². The number of nitrogens with zero attached hydrogens (tertiary/aromatic N) is 3. The first-order valence-electron chi connectivity index (χ1n) is 6.20. The minimum atomic E-state index is -0.318. The van der Waals surface area contributed by atoms with Crippen molar-refractivity contribution in [3.05, 3.63) is 11.9 Å². The summed E-state index contributed by atoms with van der Waals surface area (Å²) in [5, 5.41) is 12.8. The van der Waals surface area contributed by atoms with Gasteiger partial charge in [-0.2, -0.15) is 0 Å². The van der Waals surface area contributed by atoms with E-state index in [-0.39, 0.29) is 23.4 Å². The molecule has 0 bridgehead atoms. The Labute approximate surface area is 111 Å². The lowest BCUT2D eigenvalue weighted by molar-refractivity contribution is -0.123. The molecule has 1 rings (SSSR count). The number of amides is 2. The molecule has 1 aromatic heterocycles. The Bertz CT molecular complexity index is 429. The van der Waals surface area contributed by atoms with E-state index in [1.54, 1.807) is 0 Å². The van der Waals surface area contributed by atoms with Crippen LogP contribution in [0, 0.1) is 5.92 Å². The molecule has 19 heavy (non-hydrogen) atoms. The fourth-order valence-electron chi connectivity index (χ4n) is 1.30. The first-order chi connectivity index (χ1) is 9.04. The van der Waals surface area contributed by atoms with Crippen molar-refractivity contribution in [3.8, 4) is 0 Å². The lowest BCUT2D eigenvalue weighted by Gasteiger charge is -2.07. The van der Waals surface area contributed by atoms with Crippen LogP contribution >= 0.6 is 0 Å². The van der Waals surface area contributed by atoms with Gasteiger partial charge in [0.2, 0.25) is 5.91 Å². The number of hydrogen-bond acceptors (Lipinski definition) is 5. The molecule has 4 N–H and O–H groups in total. The van der Waals surface area contributed by atoms with Gasteiger partial charge in [0.25, 0.3) is 5.91 Å². The van der Waals surface area contributed by atoms with Crippen LogP contribution in [-0.4, -0.2) is 46.4 Å². The molecule has 2 amide bonds. The number of nitrogens with two attached hydrogens (primary N) is 1. The van der Waals surface area contributed by atoms with Gasteiger partial charge < -0.3 is 16.4 Å². The van der Waals surface area contributed by atoms with E-state index in [1.165, 1.54) is 10.9 Å². The van der Waals surface area contributed by atoms with Crippen molar-refractivity contribution in [3.63, 3.8) is 0 Å². The summed E-state index contributed by atoms with van der Waals surface area (Å²) in [6.45, 7) is 5.31. The van der Waals surface area contributed by atoms with Crippen LogP contribution in [0.1, 0.15) is 24.3 Å². The van der Waals surface area contributed by atoms with E-state index in [9.17, 15) is 9.59 Å². The number of carbonyl (C=O) groups is 2. The first-order valence-corrected chi connectivity index (χ1v) is 6.20. The Morgan fingerprint density at radius 3 is 2.68 bits per heavy atom. The second-order valence-electron chi connectivity index (χ2n) is 4.36. The molecule has 0 spiro atoms. The Morgan fingerprint density at radius 2 is 2.05 bits per heavy atom. The Kier molecular flexibility index (Phi) is 5.94. The van der Waals surface area contributed by atoms with Crippen molar-refractivity contribution in [2.45, 2.75) is 20.4 Å². The molecule has 1 aromatic rings. The number of carbonyl (C=O) groups excluding carboxylic acids is 2. The SMILES string of the molecule is CC(C)C(=O)NCCNC(=O)c1cn(CCN)nn1. The number of aromatic nitrogens is 3. The summed E-state index contributed by atoms with van der Waals surface area (Å²) in [6.07, 6.45) is 1.54. The maximum absolute atomic E-state index is 11.7. The van der Waals surface area contributed by atoms with Gasteiger partial charge >= 0.3 is 0 Å². The highest BCUT2D eigenvalue weighted by Gasteiger charge is 2.10. The quantitative estimate of drug-likeness (QED) is 0.534.